The molecule has 0 heterocycles. The van der Waals surface area contributed by atoms with Crippen molar-refractivity contribution in [3.05, 3.63) is 130 Å². The van der Waals surface area contributed by atoms with Gasteiger partial charge in [0.25, 0.3) is 0 Å². The lowest BCUT2D eigenvalue weighted by molar-refractivity contribution is 0.443. The van der Waals surface area contributed by atoms with Crippen molar-refractivity contribution in [1.82, 2.24) is 0 Å². The lowest BCUT2D eigenvalue weighted by Crippen LogP contribution is -2.28. The molecule has 0 saturated carbocycles. The van der Waals surface area contributed by atoms with E-state index in [4.69, 9.17) is 0 Å². The van der Waals surface area contributed by atoms with Crippen molar-refractivity contribution in [2.45, 2.75) is 83.5 Å². The average Bonchev–Trinajstić information content (AvgIpc) is 3.15. The van der Waals surface area contributed by atoms with Crippen LogP contribution in [0.2, 0.25) is 0 Å². The third-order valence-corrected chi connectivity index (χ3v) is 8.46. The van der Waals surface area contributed by atoms with Crippen molar-refractivity contribution >= 4 is 0 Å². The molecule has 0 aromatic heterocycles. The molecular formula is C37H42. The van der Waals surface area contributed by atoms with E-state index in [9.17, 15) is 0 Å². The first-order chi connectivity index (χ1) is 17.6. The van der Waals surface area contributed by atoms with Crippen molar-refractivity contribution in [3.8, 4) is 11.1 Å². The standard InChI is InChI=1S/C37H42/c1-35(2,3)29-17-19-31-32-20-18-30(36(4,5)6)26-34(32)37(33(31)25-29,23-21-27-13-9-7-10-14-27)24-22-28-15-11-8-12-16-28/h7-20,25-26H,21-24H2,1-6H3. The molecule has 0 heteroatoms. The fourth-order valence-electron chi connectivity index (χ4n) is 6.10. The zero-order valence-electron chi connectivity index (χ0n) is 23.6. The summed E-state index contributed by atoms with van der Waals surface area (Å²) in [6.07, 6.45) is 4.39. The minimum absolute atomic E-state index is 0.0150. The number of aryl methyl sites for hydroxylation is 2. The van der Waals surface area contributed by atoms with Crippen LogP contribution in [0.15, 0.2) is 97.1 Å². The molecule has 0 atom stereocenters. The van der Waals surface area contributed by atoms with E-state index >= 15 is 0 Å². The number of rotatable bonds is 6. The monoisotopic (exact) mass is 486 g/mol. The minimum atomic E-state index is -0.0150. The van der Waals surface area contributed by atoms with Crippen LogP contribution in [0.25, 0.3) is 11.1 Å². The number of hydrogen-bond donors (Lipinski definition) is 0. The predicted molar refractivity (Wildman–Crippen MR) is 160 cm³/mol. The van der Waals surface area contributed by atoms with Gasteiger partial charge in [0.1, 0.15) is 0 Å². The highest BCUT2D eigenvalue weighted by Gasteiger charge is 2.43. The minimum Gasteiger partial charge on any atom is -0.0622 e. The predicted octanol–water partition coefficient (Wildman–Crippen LogP) is 9.81. The summed E-state index contributed by atoms with van der Waals surface area (Å²) in [6.45, 7) is 14.0. The maximum atomic E-state index is 2.56. The largest absolute Gasteiger partial charge is 0.0622 e. The van der Waals surface area contributed by atoms with Crippen LogP contribution in [0.1, 0.15) is 87.8 Å². The highest BCUT2D eigenvalue weighted by molar-refractivity contribution is 5.82. The Kier molecular flexibility index (Phi) is 6.65. The number of hydrogen-bond acceptors (Lipinski definition) is 0. The average molecular weight is 487 g/mol. The third-order valence-electron chi connectivity index (χ3n) is 8.46. The molecule has 0 radical (unpaired) electrons. The molecule has 0 aliphatic heterocycles. The van der Waals surface area contributed by atoms with Gasteiger partial charge in [-0.15, -0.1) is 0 Å². The van der Waals surface area contributed by atoms with Crippen LogP contribution < -0.4 is 0 Å². The van der Waals surface area contributed by atoms with Crippen LogP contribution in [-0.2, 0) is 29.1 Å². The molecule has 0 bridgehead atoms. The van der Waals surface area contributed by atoms with Gasteiger partial charge in [-0.1, -0.05) is 139 Å². The Labute approximate surface area is 224 Å². The van der Waals surface area contributed by atoms with E-state index in [0.29, 0.717) is 0 Å². The zero-order valence-corrected chi connectivity index (χ0v) is 23.6. The molecule has 0 saturated heterocycles. The summed E-state index contributed by atoms with van der Waals surface area (Å²) in [5, 5.41) is 0. The fourth-order valence-corrected chi connectivity index (χ4v) is 6.10. The van der Waals surface area contributed by atoms with Gasteiger partial charge < -0.3 is 0 Å². The summed E-state index contributed by atoms with van der Waals surface area (Å²) in [5.74, 6) is 0. The van der Waals surface area contributed by atoms with Gasteiger partial charge in [-0.25, -0.2) is 0 Å². The van der Waals surface area contributed by atoms with Gasteiger partial charge in [-0.05, 0) is 81.0 Å². The Morgan fingerprint density at radius 2 is 0.865 bits per heavy atom. The van der Waals surface area contributed by atoms with E-state index in [2.05, 4.69) is 139 Å². The molecule has 1 aliphatic rings. The lowest BCUT2D eigenvalue weighted by Gasteiger charge is -2.35. The van der Waals surface area contributed by atoms with Crippen LogP contribution in [0.5, 0.6) is 0 Å². The molecule has 190 valence electrons. The molecule has 5 rings (SSSR count). The molecule has 0 unspecified atom stereocenters. The molecule has 4 aromatic carbocycles. The fraction of sp³-hybridized carbons (Fsp3) is 0.351. The number of benzene rings is 4. The highest BCUT2D eigenvalue weighted by Crippen LogP contribution is 2.55. The molecule has 0 amide bonds. The molecule has 4 aromatic rings. The Morgan fingerprint density at radius 3 is 1.22 bits per heavy atom. The summed E-state index contributed by atoms with van der Waals surface area (Å²) in [7, 11) is 0. The smallest absolute Gasteiger partial charge is 0.0221 e. The Balaban J connectivity index is 1.71. The van der Waals surface area contributed by atoms with E-state index in [1.54, 1.807) is 0 Å². The van der Waals surface area contributed by atoms with E-state index in [1.165, 1.54) is 44.5 Å². The van der Waals surface area contributed by atoms with Gasteiger partial charge in [-0.3, -0.25) is 0 Å². The van der Waals surface area contributed by atoms with Gasteiger partial charge >= 0.3 is 0 Å². The van der Waals surface area contributed by atoms with Gasteiger partial charge in [0.15, 0.2) is 0 Å². The van der Waals surface area contributed by atoms with Crippen LogP contribution in [-0.4, -0.2) is 0 Å². The highest BCUT2D eigenvalue weighted by atomic mass is 14.5. The third kappa shape index (κ3) is 5.04. The van der Waals surface area contributed by atoms with Crippen LogP contribution in [0.4, 0.5) is 0 Å². The lowest BCUT2D eigenvalue weighted by atomic mass is 9.68. The Bertz CT molecular complexity index is 1250. The summed E-state index contributed by atoms with van der Waals surface area (Å²) in [5.41, 5.74) is 11.9. The van der Waals surface area contributed by atoms with Crippen molar-refractivity contribution in [1.29, 1.82) is 0 Å². The molecule has 0 N–H and O–H groups in total. The first-order valence-electron chi connectivity index (χ1n) is 14.0. The van der Waals surface area contributed by atoms with Crippen LogP contribution in [0, 0.1) is 0 Å². The molecule has 0 nitrogen and oxygen atoms in total. The Morgan fingerprint density at radius 1 is 0.486 bits per heavy atom. The van der Waals surface area contributed by atoms with Gasteiger partial charge in [-0.2, -0.15) is 0 Å². The van der Waals surface area contributed by atoms with Crippen molar-refractivity contribution in [2.24, 2.45) is 0 Å². The second-order valence-electron chi connectivity index (χ2n) is 13.1. The van der Waals surface area contributed by atoms with Crippen LogP contribution >= 0.6 is 0 Å². The maximum absolute atomic E-state index is 2.56. The molecule has 0 spiro atoms. The maximum Gasteiger partial charge on any atom is 0.0221 e. The number of fused-ring (bicyclic) bond motifs is 3. The van der Waals surface area contributed by atoms with Crippen molar-refractivity contribution in [2.75, 3.05) is 0 Å². The zero-order chi connectivity index (χ0) is 26.3. The first kappa shape index (κ1) is 25.5. The van der Waals surface area contributed by atoms with Gasteiger partial charge in [0.05, 0.1) is 0 Å². The molecular weight excluding hydrogens is 444 g/mol. The van der Waals surface area contributed by atoms with Gasteiger partial charge in [0, 0.05) is 5.41 Å². The van der Waals surface area contributed by atoms with E-state index in [1.807, 2.05) is 0 Å². The summed E-state index contributed by atoms with van der Waals surface area (Å²) in [4.78, 5) is 0. The molecule has 1 aliphatic carbocycles. The summed E-state index contributed by atoms with van der Waals surface area (Å²) < 4.78 is 0. The second-order valence-corrected chi connectivity index (χ2v) is 13.1. The Hall–Kier alpha value is -3.12. The quantitative estimate of drug-likeness (QED) is 0.254. The second kappa shape index (κ2) is 9.64. The van der Waals surface area contributed by atoms with Crippen LogP contribution in [0.3, 0.4) is 0 Å². The van der Waals surface area contributed by atoms with E-state index in [0.717, 1.165) is 25.7 Å². The van der Waals surface area contributed by atoms with Crippen molar-refractivity contribution in [3.63, 3.8) is 0 Å². The SMILES string of the molecule is CC(C)(C)c1ccc2c(c1)C(CCc1ccccc1)(CCc1ccccc1)c1cc(C(C)(C)C)ccc1-2. The molecule has 37 heavy (non-hydrogen) atoms. The van der Waals surface area contributed by atoms with Crippen molar-refractivity contribution < 1.29 is 0 Å². The first-order valence-corrected chi connectivity index (χ1v) is 14.0. The van der Waals surface area contributed by atoms with E-state index < -0.39 is 0 Å². The summed E-state index contributed by atoms with van der Waals surface area (Å²) >= 11 is 0. The normalized spacial score (nSPS) is 14.3. The topological polar surface area (TPSA) is 0 Å². The molecule has 0 fully saturated rings. The van der Waals surface area contributed by atoms with Gasteiger partial charge in [0.2, 0.25) is 0 Å². The van der Waals surface area contributed by atoms with E-state index in [-0.39, 0.29) is 16.2 Å². The summed E-state index contributed by atoms with van der Waals surface area (Å²) in [6, 6.07) is 36.8.